The van der Waals surface area contributed by atoms with Crippen LogP contribution >= 0.6 is 11.6 Å². The number of nitrogens with two attached hydrogens (primary N) is 1. The Morgan fingerprint density at radius 2 is 2.24 bits per heavy atom. The molecule has 1 aromatic heterocycles. The first-order valence-electron chi connectivity index (χ1n) is 6.56. The molecule has 0 spiro atoms. The van der Waals surface area contributed by atoms with E-state index in [1.54, 1.807) is 6.07 Å². The third-order valence-corrected chi connectivity index (χ3v) is 3.73. The Labute approximate surface area is 128 Å². The van der Waals surface area contributed by atoms with E-state index in [0.29, 0.717) is 11.6 Å². The summed E-state index contributed by atoms with van der Waals surface area (Å²) >= 11 is 6.02. The minimum absolute atomic E-state index is 0.146. The van der Waals surface area contributed by atoms with Crippen LogP contribution in [0.2, 0.25) is 5.02 Å². The number of amides is 1. The van der Waals surface area contributed by atoms with Gasteiger partial charge in [-0.1, -0.05) is 23.7 Å². The lowest BCUT2D eigenvalue weighted by Gasteiger charge is -2.25. The second-order valence-corrected chi connectivity index (χ2v) is 5.33. The highest BCUT2D eigenvalue weighted by Gasteiger charge is 2.18. The van der Waals surface area contributed by atoms with E-state index in [-0.39, 0.29) is 11.8 Å². The van der Waals surface area contributed by atoms with Gasteiger partial charge < -0.3 is 4.42 Å². The van der Waals surface area contributed by atoms with Gasteiger partial charge in [-0.2, -0.15) is 0 Å². The molecule has 1 unspecified atom stereocenters. The zero-order valence-corrected chi connectivity index (χ0v) is 12.7. The molecule has 1 atom stereocenters. The predicted molar refractivity (Wildman–Crippen MR) is 81.7 cm³/mol. The van der Waals surface area contributed by atoms with Gasteiger partial charge in [-0.3, -0.25) is 15.1 Å². The van der Waals surface area contributed by atoms with E-state index in [2.05, 4.69) is 17.2 Å². The van der Waals surface area contributed by atoms with Crippen LogP contribution in [-0.4, -0.2) is 17.9 Å². The number of carbonyl (C=O) groups excluding carboxylic acids is 1. The number of nitrogen functional groups attached to an aromatic ring is 1. The lowest BCUT2D eigenvalue weighted by molar-refractivity contribution is 0.0922. The van der Waals surface area contributed by atoms with Gasteiger partial charge in [-0.25, -0.2) is 5.84 Å². The summed E-state index contributed by atoms with van der Waals surface area (Å²) in [7, 11) is 1.97. The molecular weight excluding hydrogens is 290 g/mol. The van der Waals surface area contributed by atoms with Gasteiger partial charge in [0, 0.05) is 23.2 Å². The second-order valence-electron chi connectivity index (χ2n) is 4.89. The highest BCUT2D eigenvalue weighted by Crippen LogP contribution is 2.24. The van der Waals surface area contributed by atoms with Crippen molar-refractivity contribution in [2.45, 2.75) is 19.5 Å². The van der Waals surface area contributed by atoms with Crippen molar-refractivity contribution < 1.29 is 9.21 Å². The average Bonchev–Trinajstić information content (AvgIpc) is 2.93. The maximum atomic E-state index is 11.6. The standard InChI is InChI=1S/C15H18ClN3O2/c1-10(11-4-3-5-13(16)8-11)19(2)9-12-6-7-21-14(12)15(20)18-17/h3-8,10H,9,17H2,1-2H3,(H,18,20). The van der Waals surface area contributed by atoms with E-state index in [0.717, 1.165) is 11.1 Å². The molecule has 1 amide bonds. The number of hydrogen-bond donors (Lipinski definition) is 2. The third kappa shape index (κ3) is 3.64. The highest BCUT2D eigenvalue weighted by molar-refractivity contribution is 6.30. The van der Waals surface area contributed by atoms with E-state index in [4.69, 9.17) is 21.9 Å². The number of hydrazine groups is 1. The number of benzene rings is 1. The zero-order valence-electron chi connectivity index (χ0n) is 12.0. The summed E-state index contributed by atoms with van der Waals surface area (Å²) in [5, 5.41) is 0.708. The molecule has 112 valence electrons. The lowest BCUT2D eigenvalue weighted by atomic mass is 10.1. The van der Waals surface area contributed by atoms with Crippen molar-refractivity contribution in [3.05, 3.63) is 58.5 Å². The summed E-state index contributed by atoms with van der Waals surface area (Å²) < 4.78 is 5.18. The molecule has 0 aliphatic heterocycles. The van der Waals surface area contributed by atoms with E-state index in [1.807, 2.05) is 31.3 Å². The van der Waals surface area contributed by atoms with Crippen LogP contribution in [0.4, 0.5) is 0 Å². The Kier molecular flexibility index (Phi) is 5.01. The van der Waals surface area contributed by atoms with Crippen LogP contribution in [0.3, 0.4) is 0 Å². The summed E-state index contributed by atoms with van der Waals surface area (Å²) in [5.74, 6) is 4.95. The Morgan fingerprint density at radius 3 is 2.90 bits per heavy atom. The summed E-state index contributed by atoms with van der Waals surface area (Å²) in [4.78, 5) is 13.7. The van der Waals surface area contributed by atoms with Gasteiger partial charge in [0.05, 0.1) is 6.26 Å². The number of carbonyl (C=O) groups is 1. The maximum Gasteiger partial charge on any atom is 0.301 e. The predicted octanol–water partition coefficient (Wildman–Crippen LogP) is 2.73. The Hall–Kier alpha value is -1.82. The maximum absolute atomic E-state index is 11.6. The van der Waals surface area contributed by atoms with Crippen molar-refractivity contribution in [2.24, 2.45) is 5.84 Å². The van der Waals surface area contributed by atoms with Gasteiger partial charge in [0.15, 0.2) is 5.76 Å². The molecular formula is C15H18ClN3O2. The molecule has 1 heterocycles. The molecule has 0 aliphatic rings. The minimum Gasteiger partial charge on any atom is -0.459 e. The van der Waals surface area contributed by atoms with Gasteiger partial charge >= 0.3 is 5.91 Å². The lowest BCUT2D eigenvalue weighted by Crippen LogP contribution is -2.31. The molecule has 2 rings (SSSR count). The molecule has 21 heavy (non-hydrogen) atoms. The molecule has 0 bridgehead atoms. The molecule has 0 saturated carbocycles. The highest BCUT2D eigenvalue weighted by atomic mass is 35.5. The van der Waals surface area contributed by atoms with Crippen LogP contribution in [0.15, 0.2) is 41.0 Å². The van der Waals surface area contributed by atoms with Crippen molar-refractivity contribution >= 4 is 17.5 Å². The quantitative estimate of drug-likeness (QED) is 0.506. The first kappa shape index (κ1) is 15.6. The number of halogens is 1. The zero-order chi connectivity index (χ0) is 15.4. The van der Waals surface area contributed by atoms with Crippen LogP contribution in [0, 0.1) is 0 Å². The van der Waals surface area contributed by atoms with Crippen molar-refractivity contribution in [1.29, 1.82) is 0 Å². The SMILES string of the molecule is CC(c1cccc(Cl)c1)N(C)Cc1ccoc1C(=O)NN. The summed E-state index contributed by atoms with van der Waals surface area (Å²) in [6.45, 7) is 2.64. The van der Waals surface area contributed by atoms with Gasteiger partial charge in [0.2, 0.25) is 0 Å². The minimum atomic E-state index is -0.432. The number of nitrogens with zero attached hydrogens (tertiary/aromatic N) is 1. The largest absolute Gasteiger partial charge is 0.459 e. The van der Waals surface area contributed by atoms with Crippen LogP contribution < -0.4 is 11.3 Å². The first-order chi connectivity index (χ1) is 10.0. The Bertz CT molecular complexity index is 627. The molecule has 6 heteroatoms. The molecule has 0 aliphatic carbocycles. The smallest absolute Gasteiger partial charge is 0.301 e. The summed E-state index contributed by atoms with van der Waals surface area (Å²) in [6, 6.07) is 9.64. The van der Waals surface area contributed by atoms with Crippen molar-refractivity contribution in [2.75, 3.05) is 7.05 Å². The monoisotopic (exact) mass is 307 g/mol. The van der Waals surface area contributed by atoms with Crippen molar-refractivity contribution in [3.63, 3.8) is 0 Å². The molecule has 2 aromatic rings. The van der Waals surface area contributed by atoms with Crippen LogP contribution in [0.25, 0.3) is 0 Å². The number of hydrogen-bond acceptors (Lipinski definition) is 4. The number of furan rings is 1. The molecule has 0 radical (unpaired) electrons. The van der Waals surface area contributed by atoms with Crippen LogP contribution in [0.1, 0.15) is 34.6 Å². The first-order valence-corrected chi connectivity index (χ1v) is 6.93. The Balaban J connectivity index is 2.13. The third-order valence-electron chi connectivity index (χ3n) is 3.50. The molecule has 3 N–H and O–H groups in total. The van der Waals surface area contributed by atoms with Crippen LogP contribution in [-0.2, 0) is 6.54 Å². The molecule has 0 saturated heterocycles. The number of rotatable bonds is 5. The van der Waals surface area contributed by atoms with Gasteiger partial charge in [-0.15, -0.1) is 0 Å². The van der Waals surface area contributed by atoms with Crippen molar-refractivity contribution in [3.8, 4) is 0 Å². The van der Waals surface area contributed by atoms with E-state index < -0.39 is 5.91 Å². The fourth-order valence-electron chi connectivity index (χ4n) is 2.15. The van der Waals surface area contributed by atoms with Crippen molar-refractivity contribution in [1.82, 2.24) is 10.3 Å². The van der Waals surface area contributed by atoms with E-state index >= 15 is 0 Å². The molecule has 1 aromatic carbocycles. The summed E-state index contributed by atoms with van der Waals surface area (Å²) in [6.07, 6.45) is 1.48. The fraction of sp³-hybridized carbons (Fsp3) is 0.267. The number of nitrogens with one attached hydrogen (secondary N) is 1. The van der Waals surface area contributed by atoms with Gasteiger partial charge in [0.25, 0.3) is 0 Å². The topological polar surface area (TPSA) is 71.5 Å². The van der Waals surface area contributed by atoms with Gasteiger partial charge in [-0.05, 0) is 37.7 Å². The fourth-order valence-corrected chi connectivity index (χ4v) is 2.35. The summed E-state index contributed by atoms with van der Waals surface area (Å²) in [5.41, 5.74) is 3.98. The average molecular weight is 308 g/mol. The normalized spacial score (nSPS) is 12.4. The second kappa shape index (κ2) is 6.76. The molecule has 0 fully saturated rings. The Morgan fingerprint density at radius 1 is 1.48 bits per heavy atom. The molecule has 5 nitrogen and oxygen atoms in total. The van der Waals surface area contributed by atoms with E-state index in [9.17, 15) is 4.79 Å². The van der Waals surface area contributed by atoms with E-state index in [1.165, 1.54) is 6.26 Å². The van der Waals surface area contributed by atoms with Gasteiger partial charge in [0.1, 0.15) is 0 Å². The van der Waals surface area contributed by atoms with Crippen LogP contribution in [0.5, 0.6) is 0 Å².